The second kappa shape index (κ2) is 12.7. The van der Waals surface area contributed by atoms with E-state index >= 15 is 0 Å². The molecule has 0 radical (unpaired) electrons. The molecule has 0 bridgehead atoms. The average Bonchev–Trinajstić information content (AvgIpc) is 3.05. The van der Waals surface area contributed by atoms with Crippen molar-refractivity contribution in [2.45, 2.75) is 52.2 Å². The Morgan fingerprint density at radius 3 is 2.68 bits per heavy atom. The lowest BCUT2D eigenvalue weighted by molar-refractivity contribution is 0.00700. The fourth-order valence-electron chi connectivity index (χ4n) is 2.88. The summed E-state index contributed by atoms with van der Waals surface area (Å²) < 4.78 is 16.4. The van der Waals surface area contributed by atoms with Crippen LogP contribution in [-0.2, 0) is 14.2 Å². The molecular weight excluding hydrogens is 475 g/mol. The van der Waals surface area contributed by atoms with Crippen LogP contribution >= 0.6 is 24.0 Å². The molecule has 2 aliphatic heterocycles. The molecule has 2 N–H and O–H groups in total. The van der Waals surface area contributed by atoms with Gasteiger partial charge in [-0.25, -0.2) is 4.79 Å². The van der Waals surface area contributed by atoms with Gasteiger partial charge in [0, 0.05) is 45.3 Å². The van der Waals surface area contributed by atoms with Gasteiger partial charge in [-0.3, -0.25) is 4.99 Å². The number of aliphatic imine (C=N–C) groups is 1. The summed E-state index contributed by atoms with van der Waals surface area (Å²) in [7, 11) is 0. The molecule has 1 unspecified atom stereocenters. The van der Waals surface area contributed by atoms with Crippen molar-refractivity contribution >= 4 is 36.0 Å². The first-order valence-electron chi connectivity index (χ1n) is 10.1. The van der Waals surface area contributed by atoms with E-state index in [0.717, 1.165) is 51.8 Å². The lowest BCUT2D eigenvalue weighted by Crippen LogP contribution is -2.63. The SMILES string of the molecule is CCNC(=NCCCOCC1CCOC1)NC1CN(C(=O)OC(C)(C)C)C1.I. The van der Waals surface area contributed by atoms with Crippen molar-refractivity contribution in [3.63, 3.8) is 0 Å². The number of guanidine groups is 1. The minimum atomic E-state index is -0.459. The van der Waals surface area contributed by atoms with Gasteiger partial charge in [0.2, 0.25) is 0 Å². The molecule has 2 saturated heterocycles. The number of rotatable bonds is 8. The van der Waals surface area contributed by atoms with Crippen LogP contribution in [-0.4, -0.2) is 81.2 Å². The molecule has 0 spiro atoms. The number of halogens is 1. The Labute approximate surface area is 186 Å². The van der Waals surface area contributed by atoms with E-state index in [0.29, 0.717) is 25.6 Å². The molecule has 2 fully saturated rings. The van der Waals surface area contributed by atoms with Crippen LogP contribution in [0, 0.1) is 5.92 Å². The van der Waals surface area contributed by atoms with E-state index in [9.17, 15) is 4.79 Å². The number of carbonyl (C=O) groups excluding carboxylic acids is 1. The Hall–Kier alpha value is -0.810. The summed E-state index contributed by atoms with van der Waals surface area (Å²) in [4.78, 5) is 18.3. The number of hydrogen-bond acceptors (Lipinski definition) is 5. The fraction of sp³-hybridized carbons (Fsp3) is 0.895. The number of carbonyl (C=O) groups is 1. The molecule has 2 rings (SSSR count). The number of nitrogens with one attached hydrogen (secondary N) is 2. The number of amides is 1. The fourth-order valence-corrected chi connectivity index (χ4v) is 2.88. The Balaban J connectivity index is 0.00000392. The van der Waals surface area contributed by atoms with E-state index in [4.69, 9.17) is 14.2 Å². The van der Waals surface area contributed by atoms with Crippen molar-refractivity contribution in [2.75, 3.05) is 52.6 Å². The van der Waals surface area contributed by atoms with E-state index in [1.54, 1.807) is 4.90 Å². The van der Waals surface area contributed by atoms with E-state index in [2.05, 4.69) is 15.6 Å². The summed E-state index contributed by atoms with van der Waals surface area (Å²) in [6.45, 7) is 13.6. The molecule has 0 saturated carbocycles. The first-order valence-corrected chi connectivity index (χ1v) is 10.1. The highest BCUT2D eigenvalue weighted by Crippen LogP contribution is 2.15. The van der Waals surface area contributed by atoms with Crippen molar-refractivity contribution < 1.29 is 19.0 Å². The number of nitrogens with zero attached hydrogens (tertiary/aromatic N) is 2. The predicted octanol–water partition coefficient (Wildman–Crippen LogP) is 2.22. The highest BCUT2D eigenvalue weighted by molar-refractivity contribution is 14.0. The molecule has 0 aromatic carbocycles. The van der Waals surface area contributed by atoms with Gasteiger partial charge in [-0.2, -0.15) is 0 Å². The van der Waals surface area contributed by atoms with Gasteiger partial charge in [-0.05, 0) is 40.5 Å². The van der Waals surface area contributed by atoms with Gasteiger partial charge >= 0.3 is 6.09 Å². The van der Waals surface area contributed by atoms with Crippen molar-refractivity contribution in [1.82, 2.24) is 15.5 Å². The van der Waals surface area contributed by atoms with Gasteiger partial charge in [0.15, 0.2) is 5.96 Å². The van der Waals surface area contributed by atoms with Crippen molar-refractivity contribution in [2.24, 2.45) is 10.9 Å². The highest BCUT2D eigenvalue weighted by Gasteiger charge is 2.34. The standard InChI is InChI=1S/C19H36N4O4.HI/c1-5-20-17(21-8-6-9-25-13-15-7-10-26-14-15)22-16-11-23(12-16)18(24)27-19(2,3)4;/h15-16H,5-14H2,1-4H3,(H2,20,21,22);1H. The summed E-state index contributed by atoms with van der Waals surface area (Å²) in [6, 6.07) is 0.203. The van der Waals surface area contributed by atoms with E-state index in [1.807, 2.05) is 27.7 Å². The highest BCUT2D eigenvalue weighted by atomic mass is 127. The molecule has 28 heavy (non-hydrogen) atoms. The monoisotopic (exact) mass is 512 g/mol. The van der Waals surface area contributed by atoms with Gasteiger partial charge in [0.25, 0.3) is 0 Å². The predicted molar refractivity (Wildman–Crippen MR) is 120 cm³/mol. The molecule has 164 valence electrons. The van der Waals surface area contributed by atoms with Crippen molar-refractivity contribution in [3.05, 3.63) is 0 Å². The largest absolute Gasteiger partial charge is 0.444 e. The van der Waals surface area contributed by atoms with Crippen LogP contribution in [0.15, 0.2) is 4.99 Å². The van der Waals surface area contributed by atoms with Crippen LogP contribution < -0.4 is 10.6 Å². The topological polar surface area (TPSA) is 84.4 Å². The second-order valence-corrected chi connectivity index (χ2v) is 8.15. The van der Waals surface area contributed by atoms with Crippen molar-refractivity contribution in [3.8, 4) is 0 Å². The number of likely N-dealkylation sites (tertiary alicyclic amines) is 1. The maximum atomic E-state index is 12.0. The molecule has 8 nitrogen and oxygen atoms in total. The lowest BCUT2D eigenvalue weighted by atomic mass is 10.1. The summed E-state index contributed by atoms with van der Waals surface area (Å²) >= 11 is 0. The molecule has 9 heteroatoms. The summed E-state index contributed by atoms with van der Waals surface area (Å²) in [5.74, 6) is 1.34. The first kappa shape index (κ1) is 25.2. The molecule has 0 aliphatic carbocycles. The first-order chi connectivity index (χ1) is 12.9. The normalized spacial score (nSPS) is 20.4. The van der Waals surface area contributed by atoms with E-state index < -0.39 is 5.60 Å². The second-order valence-electron chi connectivity index (χ2n) is 8.15. The number of ether oxygens (including phenoxy) is 3. The van der Waals surface area contributed by atoms with Crippen LogP contribution in [0.2, 0.25) is 0 Å². The Kier molecular flexibility index (Phi) is 11.4. The van der Waals surface area contributed by atoms with Crippen molar-refractivity contribution in [1.29, 1.82) is 0 Å². The third-order valence-corrected chi connectivity index (χ3v) is 4.31. The van der Waals surface area contributed by atoms with Gasteiger partial charge in [-0.1, -0.05) is 0 Å². The van der Waals surface area contributed by atoms with Crippen LogP contribution in [0.25, 0.3) is 0 Å². The quantitative estimate of drug-likeness (QED) is 0.225. The van der Waals surface area contributed by atoms with Crippen LogP contribution in [0.4, 0.5) is 4.79 Å². The zero-order valence-electron chi connectivity index (χ0n) is 17.7. The van der Waals surface area contributed by atoms with Gasteiger partial charge in [0.1, 0.15) is 5.60 Å². The maximum absolute atomic E-state index is 12.0. The summed E-state index contributed by atoms with van der Waals surface area (Å²) in [6.07, 6.45) is 1.74. The van der Waals surface area contributed by atoms with Crippen LogP contribution in [0.5, 0.6) is 0 Å². The molecule has 1 amide bonds. The molecule has 1 atom stereocenters. The zero-order valence-corrected chi connectivity index (χ0v) is 20.0. The minimum absolute atomic E-state index is 0. The molecule has 0 aromatic rings. The van der Waals surface area contributed by atoms with Gasteiger partial charge in [-0.15, -0.1) is 24.0 Å². The Morgan fingerprint density at radius 2 is 2.07 bits per heavy atom. The summed E-state index contributed by atoms with van der Waals surface area (Å²) in [5.41, 5.74) is -0.459. The zero-order chi connectivity index (χ0) is 19.7. The third-order valence-electron chi connectivity index (χ3n) is 4.31. The molecule has 0 aromatic heterocycles. The lowest BCUT2D eigenvalue weighted by Gasteiger charge is -2.40. The van der Waals surface area contributed by atoms with E-state index in [-0.39, 0.29) is 36.1 Å². The number of hydrogen-bond donors (Lipinski definition) is 2. The minimum Gasteiger partial charge on any atom is -0.444 e. The maximum Gasteiger partial charge on any atom is 0.410 e. The Bertz CT molecular complexity index is 487. The van der Waals surface area contributed by atoms with Crippen LogP contribution in [0.3, 0.4) is 0 Å². The van der Waals surface area contributed by atoms with E-state index in [1.165, 1.54) is 0 Å². The third kappa shape index (κ3) is 9.60. The van der Waals surface area contributed by atoms with Crippen LogP contribution in [0.1, 0.15) is 40.5 Å². The van der Waals surface area contributed by atoms with Gasteiger partial charge < -0.3 is 29.7 Å². The smallest absolute Gasteiger partial charge is 0.410 e. The van der Waals surface area contributed by atoms with Gasteiger partial charge in [0.05, 0.1) is 19.3 Å². The molecular formula is C19H37IN4O4. The Morgan fingerprint density at radius 1 is 1.32 bits per heavy atom. The summed E-state index contributed by atoms with van der Waals surface area (Å²) in [5, 5.41) is 6.62. The molecule has 2 aliphatic rings. The average molecular weight is 512 g/mol. The molecule has 2 heterocycles.